The van der Waals surface area contributed by atoms with Crippen molar-refractivity contribution < 1.29 is 9.52 Å². The number of benzene rings is 1. The molecule has 1 unspecified atom stereocenters. The summed E-state index contributed by atoms with van der Waals surface area (Å²) < 4.78 is 5.75. The summed E-state index contributed by atoms with van der Waals surface area (Å²) in [6.45, 7) is 6.13. The number of furan rings is 1. The lowest BCUT2D eigenvalue weighted by Crippen LogP contribution is -2.35. The van der Waals surface area contributed by atoms with E-state index in [1.54, 1.807) is 13.8 Å². The van der Waals surface area contributed by atoms with Crippen molar-refractivity contribution in [1.29, 1.82) is 0 Å². The molecule has 0 amide bonds. The fraction of sp³-hybridized carbons (Fsp3) is 0.429. The normalized spacial score (nSPS) is 14.1. The summed E-state index contributed by atoms with van der Waals surface area (Å²) in [6.07, 6.45) is 0. The second-order valence-corrected chi connectivity index (χ2v) is 5.10. The molecule has 17 heavy (non-hydrogen) atoms. The number of hydrogen-bond acceptors (Lipinski definition) is 3. The van der Waals surface area contributed by atoms with E-state index in [2.05, 4.69) is 5.32 Å². The highest BCUT2D eigenvalue weighted by Crippen LogP contribution is 2.23. The average molecular weight is 233 g/mol. The molecular formula is C14H19NO2. The lowest BCUT2D eigenvalue weighted by Gasteiger charge is -2.20. The zero-order valence-electron chi connectivity index (χ0n) is 10.5. The van der Waals surface area contributed by atoms with Crippen molar-refractivity contribution in [2.75, 3.05) is 6.54 Å². The summed E-state index contributed by atoms with van der Waals surface area (Å²) in [5, 5.41) is 14.0. The van der Waals surface area contributed by atoms with Gasteiger partial charge in [0.05, 0.1) is 11.6 Å². The quantitative estimate of drug-likeness (QED) is 0.853. The highest BCUT2D eigenvalue weighted by atomic mass is 16.3. The van der Waals surface area contributed by atoms with Crippen LogP contribution in [0.3, 0.4) is 0 Å². The molecule has 92 valence electrons. The van der Waals surface area contributed by atoms with Gasteiger partial charge in [0, 0.05) is 11.9 Å². The Morgan fingerprint density at radius 1 is 1.35 bits per heavy atom. The Morgan fingerprint density at radius 2 is 2.06 bits per heavy atom. The van der Waals surface area contributed by atoms with Crippen LogP contribution in [-0.2, 0) is 0 Å². The van der Waals surface area contributed by atoms with Gasteiger partial charge >= 0.3 is 0 Å². The lowest BCUT2D eigenvalue weighted by molar-refractivity contribution is 0.0763. The van der Waals surface area contributed by atoms with Crippen LogP contribution in [-0.4, -0.2) is 17.3 Å². The molecule has 0 fully saturated rings. The summed E-state index contributed by atoms with van der Waals surface area (Å²) in [5.41, 5.74) is 0.194. The number of aliphatic hydroxyl groups is 1. The summed E-state index contributed by atoms with van der Waals surface area (Å²) in [6, 6.07) is 10.1. The number of nitrogens with one attached hydrogen (secondary N) is 1. The van der Waals surface area contributed by atoms with E-state index in [0.717, 1.165) is 16.7 Å². The van der Waals surface area contributed by atoms with Gasteiger partial charge in [0.2, 0.25) is 0 Å². The first-order chi connectivity index (χ1) is 7.96. The van der Waals surface area contributed by atoms with Gasteiger partial charge in [0.25, 0.3) is 0 Å². The van der Waals surface area contributed by atoms with Crippen molar-refractivity contribution in [3.8, 4) is 0 Å². The molecule has 0 spiro atoms. The predicted molar refractivity (Wildman–Crippen MR) is 68.9 cm³/mol. The Bertz CT molecular complexity index is 463. The van der Waals surface area contributed by atoms with E-state index in [4.69, 9.17) is 4.42 Å². The van der Waals surface area contributed by atoms with Crippen LogP contribution in [0.5, 0.6) is 0 Å². The van der Waals surface area contributed by atoms with Crippen molar-refractivity contribution in [3.05, 3.63) is 36.1 Å². The van der Waals surface area contributed by atoms with Crippen LogP contribution in [0.1, 0.15) is 32.6 Å². The monoisotopic (exact) mass is 233 g/mol. The number of para-hydroxylation sites is 1. The molecule has 1 atom stereocenters. The van der Waals surface area contributed by atoms with Crippen LogP contribution in [0.15, 0.2) is 34.7 Å². The van der Waals surface area contributed by atoms with Crippen molar-refractivity contribution in [3.63, 3.8) is 0 Å². The van der Waals surface area contributed by atoms with Crippen LogP contribution in [0.25, 0.3) is 11.0 Å². The molecule has 0 aliphatic heterocycles. The van der Waals surface area contributed by atoms with Gasteiger partial charge in [-0.15, -0.1) is 0 Å². The van der Waals surface area contributed by atoms with Gasteiger partial charge in [-0.2, -0.15) is 0 Å². The highest BCUT2D eigenvalue weighted by molar-refractivity contribution is 5.77. The Morgan fingerprint density at radius 3 is 2.71 bits per heavy atom. The molecule has 2 rings (SSSR count). The summed E-state index contributed by atoms with van der Waals surface area (Å²) in [4.78, 5) is 0. The van der Waals surface area contributed by atoms with E-state index in [1.807, 2.05) is 37.3 Å². The van der Waals surface area contributed by atoms with E-state index < -0.39 is 5.60 Å². The minimum atomic E-state index is -0.708. The minimum Gasteiger partial charge on any atom is -0.459 e. The van der Waals surface area contributed by atoms with Gasteiger partial charge < -0.3 is 14.8 Å². The molecule has 2 aromatic rings. The zero-order chi connectivity index (χ0) is 12.5. The number of rotatable bonds is 4. The molecular weight excluding hydrogens is 214 g/mol. The van der Waals surface area contributed by atoms with Gasteiger partial charge in [-0.1, -0.05) is 18.2 Å². The zero-order valence-corrected chi connectivity index (χ0v) is 10.5. The van der Waals surface area contributed by atoms with Crippen LogP contribution in [0.2, 0.25) is 0 Å². The number of fused-ring (bicyclic) bond motifs is 1. The van der Waals surface area contributed by atoms with E-state index in [9.17, 15) is 5.11 Å². The first-order valence-corrected chi connectivity index (χ1v) is 5.90. The maximum Gasteiger partial charge on any atom is 0.134 e. The summed E-state index contributed by atoms with van der Waals surface area (Å²) >= 11 is 0. The molecule has 2 N–H and O–H groups in total. The fourth-order valence-electron chi connectivity index (χ4n) is 1.72. The lowest BCUT2D eigenvalue weighted by atomic mass is 10.1. The molecule has 0 bridgehead atoms. The molecule has 3 heteroatoms. The maximum atomic E-state index is 9.66. The maximum absolute atomic E-state index is 9.66. The molecule has 0 saturated carbocycles. The van der Waals surface area contributed by atoms with E-state index >= 15 is 0 Å². The smallest absolute Gasteiger partial charge is 0.134 e. The van der Waals surface area contributed by atoms with Crippen LogP contribution in [0, 0.1) is 0 Å². The standard InChI is InChI=1S/C14H19NO2/c1-10(15-9-14(2,3)16)13-8-11-6-4-5-7-12(11)17-13/h4-8,10,15-16H,9H2,1-3H3. The molecule has 0 aliphatic carbocycles. The van der Waals surface area contributed by atoms with E-state index in [0.29, 0.717) is 6.54 Å². The first kappa shape index (κ1) is 12.1. The average Bonchev–Trinajstić information content (AvgIpc) is 2.68. The van der Waals surface area contributed by atoms with Crippen molar-refractivity contribution in [2.45, 2.75) is 32.4 Å². The SMILES string of the molecule is CC(NCC(C)(C)O)c1cc2ccccc2o1. The van der Waals surface area contributed by atoms with Gasteiger partial charge in [-0.3, -0.25) is 0 Å². The van der Waals surface area contributed by atoms with Crippen LogP contribution < -0.4 is 5.32 Å². The second-order valence-electron chi connectivity index (χ2n) is 5.10. The van der Waals surface area contributed by atoms with Gasteiger partial charge in [0.1, 0.15) is 11.3 Å². The Kier molecular flexibility index (Phi) is 3.22. The van der Waals surface area contributed by atoms with Crippen molar-refractivity contribution >= 4 is 11.0 Å². The Hall–Kier alpha value is -1.32. The van der Waals surface area contributed by atoms with Gasteiger partial charge in [-0.05, 0) is 32.9 Å². The first-order valence-electron chi connectivity index (χ1n) is 5.90. The third-order valence-corrected chi connectivity index (χ3v) is 2.71. The second kappa shape index (κ2) is 4.51. The topological polar surface area (TPSA) is 45.4 Å². The largest absolute Gasteiger partial charge is 0.459 e. The molecule has 1 aromatic heterocycles. The summed E-state index contributed by atoms with van der Waals surface area (Å²) in [7, 11) is 0. The fourth-order valence-corrected chi connectivity index (χ4v) is 1.72. The minimum absolute atomic E-state index is 0.0915. The van der Waals surface area contributed by atoms with Crippen LogP contribution in [0.4, 0.5) is 0 Å². The van der Waals surface area contributed by atoms with Gasteiger partial charge in [0.15, 0.2) is 0 Å². The summed E-state index contributed by atoms with van der Waals surface area (Å²) in [5.74, 6) is 0.899. The molecule has 0 radical (unpaired) electrons. The molecule has 3 nitrogen and oxygen atoms in total. The third kappa shape index (κ3) is 3.08. The van der Waals surface area contributed by atoms with Crippen molar-refractivity contribution in [1.82, 2.24) is 5.32 Å². The highest BCUT2D eigenvalue weighted by Gasteiger charge is 2.16. The molecule has 0 saturated heterocycles. The predicted octanol–water partition coefficient (Wildman–Crippen LogP) is 2.85. The van der Waals surface area contributed by atoms with Crippen molar-refractivity contribution in [2.24, 2.45) is 0 Å². The van der Waals surface area contributed by atoms with Gasteiger partial charge in [-0.25, -0.2) is 0 Å². The third-order valence-electron chi connectivity index (χ3n) is 2.71. The number of hydrogen-bond donors (Lipinski definition) is 2. The molecule has 0 aliphatic rings. The van der Waals surface area contributed by atoms with E-state index in [-0.39, 0.29) is 6.04 Å². The molecule has 1 aromatic carbocycles. The van der Waals surface area contributed by atoms with Crippen LogP contribution >= 0.6 is 0 Å². The molecule has 1 heterocycles. The Labute approximate surface area is 101 Å². The van der Waals surface area contributed by atoms with E-state index in [1.165, 1.54) is 0 Å². The Balaban J connectivity index is 2.11.